The van der Waals surface area contributed by atoms with E-state index in [1.54, 1.807) is 32.0 Å². The van der Waals surface area contributed by atoms with E-state index in [9.17, 15) is 14.7 Å². The second-order valence-corrected chi connectivity index (χ2v) is 9.52. The largest absolute Gasteiger partial charge is 0.868 e. The number of ether oxygens (including phenoxy) is 3. The maximum absolute atomic E-state index is 13.7. The zero-order chi connectivity index (χ0) is 24.4. The zero-order valence-corrected chi connectivity index (χ0v) is 20.6. The molecule has 1 aromatic heterocycles. The number of hydrogen-bond donors (Lipinski definition) is 1. The van der Waals surface area contributed by atoms with Crippen molar-refractivity contribution in [3.05, 3.63) is 50.7 Å². The topological polar surface area (TPSA) is 105 Å². The molecule has 1 fully saturated rings. The van der Waals surface area contributed by atoms with Gasteiger partial charge < -0.3 is 29.1 Å². The van der Waals surface area contributed by atoms with Crippen LogP contribution >= 0.6 is 11.3 Å². The Balaban J connectivity index is 1.78. The van der Waals surface area contributed by atoms with Gasteiger partial charge in [0.05, 0.1) is 62.1 Å². The highest BCUT2D eigenvalue weighted by atomic mass is 32.1. The minimum Gasteiger partial charge on any atom is -0.868 e. The number of amides is 1. The number of aromatic nitrogens is 1. The lowest BCUT2D eigenvalue weighted by atomic mass is 9.94. The van der Waals surface area contributed by atoms with Gasteiger partial charge in [-0.25, -0.2) is 4.98 Å². The number of methoxy groups -OCH3 is 2. The average molecular weight is 488 g/mol. The van der Waals surface area contributed by atoms with Gasteiger partial charge in [0.1, 0.15) is 13.1 Å². The van der Waals surface area contributed by atoms with Crippen LogP contribution in [0.15, 0.2) is 29.5 Å². The van der Waals surface area contributed by atoms with E-state index in [1.807, 2.05) is 0 Å². The number of morpholine rings is 1. The third kappa shape index (κ3) is 4.40. The lowest BCUT2D eigenvalue weighted by molar-refractivity contribution is -0.907. The maximum atomic E-state index is 13.7. The monoisotopic (exact) mass is 487 g/mol. The van der Waals surface area contributed by atoms with Crippen LogP contribution in [0.5, 0.6) is 11.5 Å². The molecule has 2 aliphatic rings. The number of rotatable bonds is 8. The molecule has 3 heterocycles. The Bertz CT molecular complexity index is 1120. The minimum absolute atomic E-state index is 0.0692. The van der Waals surface area contributed by atoms with E-state index in [-0.39, 0.29) is 5.57 Å². The standard InChI is InChI=1S/C24H29N3O6S/c1-14-23(34-15(2)25-14)20(28)18-19(16-6-5-7-17(31-3)22(16)32-4)27(24(30)21(18)29)9-8-26-10-12-33-13-11-26/h5-7,19,29H,8-13H2,1-4H3. The van der Waals surface area contributed by atoms with Gasteiger partial charge in [-0.15, -0.1) is 11.3 Å². The summed E-state index contributed by atoms with van der Waals surface area (Å²) in [6, 6.07) is 4.39. The summed E-state index contributed by atoms with van der Waals surface area (Å²) >= 11 is 1.23. The number of hydrogen-bond acceptors (Lipinski definition) is 8. The lowest BCUT2D eigenvalue weighted by Crippen LogP contribution is -3.14. The number of carbonyl (C=O) groups excluding carboxylic acids is 2. The summed E-state index contributed by atoms with van der Waals surface area (Å²) < 4.78 is 16.5. The lowest BCUT2D eigenvalue weighted by Gasteiger charge is -2.31. The number of quaternary nitrogens is 1. The fraction of sp³-hybridized carbons (Fsp3) is 0.458. The smallest absolute Gasteiger partial charge is 0.240 e. The Kier molecular flexibility index (Phi) is 7.20. The van der Waals surface area contributed by atoms with E-state index in [0.717, 1.165) is 18.1 Å². The fourth-order valence-corrected chi connectivity index (χ4v) is 5.48. The molecule has 1 aromatic carbocycles. The third-order valence-corrected chi connectivity index (χ3v) is 7.35. The molecule has 182 valence electrons. The normalized spacial score (nSPS) is 19.1. The maximum Gasteiger partial charge on any atom is 0.240 e. The highest BCUT2D eigenvalue weighted by Crippen LogP contribution is 2.45. The number of ketones is 1. The van der Waals surface area contributed by atoms with Crippen LogP contribution in [0.1, 0.15) is 32.0 Å². The Morgan fingerprint density at radius 2 is 2.00 bits per heavy atom. The molecule has 10 heteroatoms. The van der Waals surface area contributed by atoms with Crippen LogP contribution in [0, 0.1) is 13.8 Å². The first-order valence-electron chi connectivity index (χ1n) is 11.2. The average Bonchev–Trinajstić information content (AvgIpc) is 3.32. The summed E-state index contributed by atoms with van der Waals surface area (Å²) in [4.78, 5) is 34.4. The van der Waals surface area contributed by atoms with Gasteiger partial charge in [0, 0.05) is 11.1 Å². The van der Waals surface area contributed by atoms with Crippen LogP contribution in [0.3, 0.4) is 0 Å². The number of Topliss-reactive ketones (excluding diaryl/α,β-unsaturated/α-hetero) is 1. The fourth-order valence-electron chi connectivity index (χ4n) is 4.60. The molecule has 1 N–H and O–H groups in total. The van der Waals surface area contributed by atoms with Crippen molar-refractivity contribution >= 4 is 23.0 Å². The van der Waals surface area contributed by atoms with Gasteiger partial charge in [-0.1, -0.05) is 12.1 Å². The highest BCUT2D eigenvalue weighted by Gasteiger charge is 2.42. The summed E-state index contributed by atoms with van der Waals surface area (Å²) in [5.41, 5.74) is 1.02. The Morgan fingerprint density at radius 3 is 2.62 bits per heavy atom. The molecule has 0 radical (unpaired) electrons. The Hall–Kier alpha value is -2.95. The van der Waals surface area contributed by atoms with Gasteiger partial charge in [-0.3, -0.25) is 9.59 Å². The molecule has 2 aromatic rings. The van der Waals surface area contributed by atoms with E-state index >= 15 is 0 Å². The van der Waals surface area contributed by atoms with Crippen LogP contribution in [0.25, 0.3) is 0 Å². The van der Waals surface area contributed by atoms with Gasteiger partial charge in [0.2, 0.25) is 11.7 Å². The number of aryl methyl sites for hydroxylation is 2. The molecule has 0 aliphatic carbocycles. The summed E-state index contributed by atoms with van der Waals surface area (Å²) in [5, 5.41) is 14.0. The van der Waals surface area contributed by atoms with Crippen LogP contribution in [-0.4, -0.2) is 75.2 Å². The van der Waals surface area contributed by atoms with E-state index in [1.165, 1.54) is 35.4 Å². The van der Waals surface area contributed by atoms with Gasteiger partial charge in [-0.2, -0.15) is 0 Å². The molecule has 4 rings (SSSR count). The Morgan fingerprint density at radius 1 is 1.26 bits per heavy atom. The first kappa shape index (κ1) is 24.2. The second-order valence-electron chi connectivity index (χ2n) is 8.32. The molecule has 1 saturated heterocycles. The predicted molar refractivity (Wildman–Crippen MR) is 123 cm³/mol. The van der Waals surface area contributed by atoms with Crippen LogP contribution < -0.4 is 19.5 Å². The number of carbonyl (C=O) groups is 2. The third-order valence-electron chi connectivity index (χ3n) is 6.27. The van der Waals surface area contributed by atoms with E-state index in [4.69, 9.17) is 14.2 Å². The number of thiazole rings is 1. The molecule has 1 atom stereocenters. The van der Waals surface area contributed by atoms with Gasteiger partial charge in [0.15, 0.2) is 11.5 Å². The van der Waals surface area contributed by atoms with Crippen molar-refractivity contribution in [1.29, 1.82) is 0 Å². The summed E-state index contributed by atoms with van der Waals surface area (Å²) in [6.45, 7) is 7.49. The molecular formula is C24H29N3O6S. The van der Waals surface area contributed by atoms with Crippen molar-refractivity contribution in [2.24, 2.45) is 0 Å². The molecule has 2 aliphatic heterocycles. The van der Waals surface area contributed by atoms with Crippen molar-refractivity contribution in [3.8, 4) is 11.5 Å². The highest BCUT2D eigenvalue weighted by molar-refractivity contribution is 7.14. The summed E-state index contributed by atoms with van der Waals surface area (Å²) in [7, 11) is 3.02. The van der Waals surface area contributed by atoms with Crippen molar-refractivity contribution in [2.45, 2.75) is 19.9 Å². The van der Waals surface area contributed by atoms with Crippen LogP contribution in [0.2, 0.25) is 0 Å². The van der Waals surface area contributed by atoms with Crippen LogP contribution in [-0.2, 0) is 9.53 Å². The molecule has 34 heavy (non-hydrogen) atoms. The van der Waals surface area contributed by atoms with E-state index in [2.05, 4.69) is 4.98 Å². The molecule has 0 bridgehead atoms. The van der Waals surface area contributed by atoms with Crippen molar-refractivity contribution in [1.82, 2.24) is 9.88 Å². The van der Waals surface area contributed by atoms with Crippen LogP contribution in [0.4, 0.5) is 0 Å². The SMILES string of the molecule is COc1cccc(C2C(C(=O)c3sc(C)nc3C)=C([O-])C(=O)N2CC[NH+]2CCOCC2)c1OC. The van der Waals surface area contributed by atoms with E-state index < -0.39 is 23.5 Å². The number of para-hydroxylation sites is 1. The van der Waals surface area contributed by atoms with Crippen molar-refractivity contribution < 1.29 is 33.8 Å². The predicted octanol–water partition coefficient (Wildman–Crippen LogP) is 0.0728. The second kappa shape index (κ2) is 10.1. The molecule has 9 nitrogen and oxygen atoms in total. The summed E-state index contributed by atoms with van der Waals surface area (Å²) in [6.07, 6.45) is 0. The molecule has 1 unspecified atom stereocenters. The Labute approximate surface area is 202 Å². The number of benzene rings is 1. The van der Waals surface area contributed by atoms with Crippen molar-refractivity contribution in [2.75, 3.05) is 53.6 Å². The molecule has 1 amide bonds. The number of nitrogens with zero attached hydrogens (tertiary/aromatic N) is 2. The quantitative estimate of drug-likeness (QED) is 0.526. The van der Waals surface area contributed by atoms with Crippen molar-refractivity contribution in [3.63, 3.8) is 0 Å². The minimum atomic E-state index is -0.875. The van der Waals surface area contributed by atoms with E-state index in [0.29, 0.717) is 53.9 Å². The molecule has 0 spiro atoms. The first-order valence-corrected chi connectivity index (χ1v) is 12.0. The summed E-state index contributed by atoms with van der Waals surface area (Å²) in [5.74, 6) is -1.06. The van der Waals surface area contributed by atoms with Gasteiger partial charge in [-0.05, 0) is 25.7 Å². The van der Waals surface area contributed by atoms with Gasteiger partial charge >= 0.3 is 0 Å². The first-order chi connectivity index (χ1) is 16.4. The molecular weight excluding hydrogens is 458 g/mol. The zero-order valence-electron chi connectivity index (χ0n) is 19.8. The molecule has 0 saturated carbocycles. The number of nitrogens with one attached hydrogen (secondary N) is 1. The van der Waals surface area contributed by atoms with Gasteiger partial charge in [0.25, 0.3) is 0 Å².